The number of nitrogens with one attached hydrogen (secondary N) is 1. The molecule has 0 aliphatic carbocycles. The van der Waals surface area contributed by atoms with Crippen molar-refractivity contribution in [3.63, 3.8) is 0 Å². The summed E-state index contributed by atoms with van der Waals surface area (Å²) in [5.41, 5.74) is 2.55. The lowest BCUT2D eigenvalue weighted by atomic mass is 10.1. The third kappa shape index (κ3) is 5.47. The number of hydrogen-bond acceptors (Lipinski definition) is 2. The first-order valence-electron chi connectivity index (χ1n) is 6.17. The van der Waals surface area contributed by atoms with Crippen LogP contribution < -0.4 is 5.32 Å². The Morgan fingerprint density at radius 2 is 2.00 bits per heavy atom. The lowest BCUT2D eigenvalue weighted by molar-refractivity contribution is 0.195. The molecule has 0 spiro atoms. The third-order valence-electron chi connectivity index (χ3n) is 2.69. The SMILES string of the molecule is COCCCNC(=S)N(C)Cc1ccc(C)cc1. The van der Waals surface area contributed by atoms with Crippen LogP contribution in [0.2, 0.25) is 0 Å². The first-order valence-corrected chi connectivity index (χ1v) is 6.57. The molecule has 1 aromatic carbocycles. The van der Waals surface area contributed by atoms with Crippen LogP contribution in [0.3, 0.4) is 0 Å². The van der Waals surface area contributed by atoms with Crippen molar-refractivity contribution in [1.29, 1.82) is 0 Å². The summed E-state index contributed by atoms with van der Waals surface area (Å²) in [6.45, 7) is 4.54. The molecule has 100 valence electrons. The summed E-state index contributed by atoms with van der Waals surface area (Å²) < 4.78 is 4.99. The van der Waals surface area contributed by atoms with Gasteiger partial charge in [-0.2, -0.15) is 0 Å². The smallest absolute Gasteiger partial charge is 0.168 e. The number of rotatable bonds is 6. The molecule has 18 heavy (non-hydrogen) atoms. The van der Waals surface area contributed by atoms with Gasteiger partial charge in [0.2, 0.25) is 0 Å². The van der Waals surface area contributed by atoms with Gasteiger partial charge in [0.1, 0.15) is 0 Å². The minimum Gasteiger partial charge on any atom is -0.385 e. The number of thiocarbonyl (C=S) groups is 1. The molecule has 4 heteroatoms. The number of hydrogen-bond donors (Lipinski definition) is 1. The third-order valence-corrected chi connectivity index (χ3v) is 3.14. The molecule has 3 nitrogen and oxygen atoms in total. The van der Waals surface area contributed by atoms with Crippen LogP contribution in [0.4, 0.5) is 0 Å². The van der Waals surface area contributed by atoms with Crippen molar-refractivity contribution in [3.05, 3.63) is 35.4 Å². The van der Waals surface area contributed by atoms with Crippen LogP contribution in [0.1, 0.15) is 17.5 Å². The molecular formula is C14H22N2OS. The van der Waals surface area contributed by atoms with Crippen LogP contribution in [-0.2, 0) is 11.3 Å². The van der Waals surface area contributed by atoms with Crippen molar-refractivity contribution >= 4 is 17.3 Å². The molecular weight excluding hydrogens is 244 g/mol. The Hall–Kier alpha value is -1.13. The quantitative estimate of drug-likeness (QED) is 0.631. The van der Waals surface area contributed by atoms with Crippen LogP contribution in [0.5, 0.6) is 0 Å². The maximum atomic E-state index is 5.33. The second-order valence-corrected chi connectivity index (χ2v) is 4.81. The predicted octanol–water partition coefficient (Wildman–Crippen LogP) is 2.34. The average Bonchev–Trinajstić information content (AvgIpc) is 2.37. The molecule has 0 amide bonds. The first kappa shape index (κ1) is 14.9. The lowest BCUT2D eigenvalue weighted by Crippen LogP contribution is -2.37. The molecule has 0 fully saturated rings. The molecule has 0 aliphatic heterocycles. The normalized spacial score (nSPS) is 10.2. The van der Waals surface area contributed by atoms with Crippen molar-refractivity contribution in [1.82, 2.24) is 10.2 Å². The molecule has 0 bridgehead atoms. The van der Waals surface area contributed by atoms with Crippen LogP contribution in [-0.4, -0.2) is 37.3 Å². The lowest BCUT2D eigenvalue weighted by Gasteiger charge is -2.21. The van der Waals surface area contributed by atoms with Crippen LogP contribution in [0.25, 0.3) is 0 Å². The fraction of sp³-hybridized carbons (Fsp3) is 0.500. The number of nitrogens with zero attached hydrogens (tertiary/aromatic N) is 1. The van der Waals surface area contributed by atoms with E-state index in [1.165, 1.54) is 11.1 Å². The van der Waals surface area contributed by atoms with E-state index in [4.69, 9.17) is 17.0 Å². The standard InChI is InChI=1S/C14H22N2OS/c1-12-5-7-13(8-6-12)11-16(2)14(18)15-9-4-10-17-3/h5-8H,4,9-11H2,1-3H3,(H,15,18). The zero-order valence-electron chi connectivity index (χ0n) is 11.4. The summed E-state index contributed by atoms with van der Waals surface area (Å²) in [6.07, 6.45) is 0.967. The molecule has 1 aromatic rings. The maximum absolute atomic E-state index is 5.33. The molecule has 0 saturated heterocycles. The van der Waals surface area contributed by atoms with Gasteiger partial charge in [-0.15, -0.1) is 0 Å². The summed E-state index contributed by atoms with van der Waals surface area (Å²) >= 11 is 5.33. The number of aryl methyl sites for hydroxylation is 1. The van der Waals surface area contributed by atoms with E-state index in [-0.39, 0.29) is 0 Å². The fourth-order valence-corrected chi connectivity index (χ4v) is 1.75. The molecule has 1 N–H and O–H groups in total. The highest BCUT2D eigenvalue weighted by Crippen LogP contribution is 2.05. The van der Waals surface area contributed by atoms with Crippen LogP contribution in [0, 0.1) is 6.92 Å². The minimum atomic E-state index is 0.761. The van der Waals surface area contributed by atoms with E-state index in [2.05, 4.69) is 36.5 Å². The van der Waals surface area contributed by atoms with Gasteiger partial charge >= 0.3 is 0 Å². The predicted molar refractivity (Wildman–Crippen MR) is 79.7 cm³/mol. The topological polar surface area (TPSA) is 24.5 Å². The Balaban J connectivity index is 2.33. The molecule has 0 aromatic heterocycles. The van der Waals surface area contributed by atoms with Crippen molar-refractivity contribution in [2.75, 3.05) is 27.3 Å². The van der Waals surface area contributed by atoms with E-state index in [1.54, 1.807) is 7.11 Å². The summed E-state index contributed by atoms with van der Waals surface area (Å²) in [5, 5.41) is 4.01. The fourth-order valence-electron chi connectivity index (χ4n) is 1.59. The summed E-state index contributed by atoms with van der Waals surface area (Å²) in [5.74, 6) is 0. The first-order chi connectivity index (χ1) is 8.63. The number of benzene rings is 1. The van der Waals surface area contributed by atoms with Crippen LogP contribution in [0.15, 0.2) is 24.3 Å². The molecule has 0 saturated carbocycles. The second kappa shape index (κ2) is 8.06. The van der Waals surface area contributed by atoms with Gasteiger partial charge in [-0.25, -0.2) is 0 Å². The monoisotopic (exact) mass is 266 g/mol. The van der Waals surface area contributed by atoms with Crippen molar-refractivity contribution in [3.8, 4) is 0 Å². The summed E-state index contributed by atoms with van der Waals surface area (Å²) in [7, 11) is 3.72. The van der Waals surface area contributed by atoms with Gasteiger partial charge < -0.3 is 15.0 Å². The second-order valence-electron chi connectivity index (χ2n) is 4.42. The molecule has 0 aliphatic rings. The van der Waals surface area contributed by atoms with Crippen molar-refractivity contribution in [2.24, 2.45) is 0 Å². The number of ether oxygens (including phenoxy) is 1. The van der Waals surface area contributed by atoms with E-state index < -0.39 is 0 Å². The highest BCUT2D eigenvalue weighted by molar-refractivity contribution is 7.80. The molecule has 0 heterocycles. The highest BCUT2D eigenvalue weighted by atomic mass is 32.1. The minimum absolute atomic E-state index is 0.761. The van der Waals surface area contributed by atoms with Gasteiger partial charge in [0.15, 0.2) is 5.11 Å². The van der Waals surface area contributed by atoms with Crippen molar-refractivity contribution in [2.45, 2.75) is 19.9 Å². The van der Waals surface area contributed by atoms with Crippen molar-refractivity contribution < 1.29 is 4.74 Å². The van der Waals surface area contributed by atoms with E-state index in [0.29, 0.717) is 0 Å². The zero-order chi connectivity index (χ0) is 13.4. The Bertz CT molecular complexity index is 365. The van der Waals surface area contributed by atoms with Crippen LogP contribution >= 0.6 is 12.2 Å². The van der Waals surface area contributed by atoms with Gasteiger partial charge in [0, 0.05) is 33.9 Å². The van der Waals surface area contributed by atoms with E-state index in [0.717, 1.165) is 31.2 Å². The van der Waals surface area contributed by atoms with Gasteiger partial charge in [-0.05, 0) is 31.1 Å². The van der Waals surface area contributed by atoms with Gasteiger partial charge in [-0.1, -0.05) is 29.8 Å². The average molecular weight is 266 g/mol. The Labute approximate surface area is 115 Å². The molecule has 0 atom stereocenters. The highest BCUT2D eigenvalue weighted by Gasteiger charge is 2.04. The molecule has 1 rings (SSSR count). The van der Waals surface area contributed by atoms with Gasteiger partial charge in [0.05, 0.1) is 0 Å². The molecule has 0 radical (unpaired) electrons. The zero-order valence-corrected chi connectivity index (χ0v) is 12.2. The summed E-state index contributed by atoms with van der Waals surface area (Å²) in [6, 6.07) is 8.52. The van der Waals surface area contributed by atoms with E-state index in [1.807, 2.05) is 11.9 Å². The molecule has 0 unspecified atom stereocenters. The summed E-state index contributed by atoms with van der Waals surface area (Å²) in [4.78, 5) is 2.05. The largest absolute Gasteiger partial charge is 0.385 e. The van der Waals surface area contributed by atoms with E-state index >= 15 is 0 Å². The maximum Gasteiger partial charge on any atom is 0.168 e. The Kier molecular flexibility index (Phi) is 6.68. The number of methoxy groups -OCH3 is 1. The van der Waals surface area contributed by atoms with Gasteiger partial charge in [0.25, 0.3) is 0 Å². The van der Waals surface area contributed by atoms with E-state index in [9.17, 15) is 0 Å². The Morgan fingerprint density at radius 1 is 1.33 bits per heavy atom. The van der Waals surface area contributed by atoms with Gasteiger partial charge in [-0.3, -0.25) is 0 Å². The Morgan fingerprint density at radius 3 is 2.61 bits per heavy atom.